The number of pyridine rings is 1. The number of nitrogens with zero attached hydrogens (tertiary/aromatic N) is 2. The van der Waals surface area contributed by atoms with Crippen molar-refractivity contribution in [1.82, 2.24) is 9.55 Å². The molecule has 15 heavy (non-hydrogen) atoms. The molecule has 74 valence electrons. The molecule has 0 spiro atoms. The Morgan fingerprint density at radius 2 is 2.00 bits per heavy atom. The highest BCUT2D eigenvalue weighted by Gasteiger charge is 2.07. The molecule has 0 bridgehead atoms. The van der Waals surface area contributed by atoms with Crippen LogP contribution in [0.15, 0.2) is 36.7 Å². The van der Waals surface area contributed by atoms with Gasteiger partial charge in [-0.15, -0.1) is 0 Å². The molecule has 0 amide bonds. The fourth-order valence-corrected chi connectivity index (χ4v) is 2.07. The number of nitrogen functional groups attached to an aromatic ring is 1. The molecular formula is C12H11N3. The fourth-order valence-electron chi connectivity index (χ4n) is 2.07. The summed E-state index contributed by atoms with van der Waals surface area (Å²) in [6, 6.07) is 7.99. The monoisotopic (exact) mass is 197 g/mol. The predicted octanol–water partition coefficient (Wildman–Crippen LogP) is 2.31. The van der Waals surface area contributed by atoms with Crippen LogP contribution in [0.25, 0.3) is 21.8 Å². The minimum Gasteiger partial charge on any atom is -0.399 e. The number of anilines is 1. The summed E-state index contributed by atoms with van der Waals surface area (Å²) in [6.07, 6.45) is 3.71. The number of nitrogens with two attached hydrogens (primary N) is 1. The highest BCUT2D eigenvalue weighted by molar-refractivity contribution is 6.08. The van der Waals surface area contributed by atoms with Gasteiger partial charge in [0.15, 0.2) is 0 Å². The molecule has 3 heteroatoms. The summed E-state index contributed by atoms with van der Waals surface area (Å²) in [4.78, 5) is 4.15. The van der Waals surface area contributed by atoms with Crippen LogP contribution in [0, 0.1) is 0 Å². The van der Waals surface area contributed by atoms with Crippen LogP contribution in [0.1, 0.15) is 0 Å². The molecule has 0 aliphatic rings. The lowest BCUT2D eigenvalue weighted by Gasteiger charge is -1.97. The van der Waals surface area contributed by atoms with Gasteiger partial charge in [-0.1, -0.05) is 6.07 Å². The summed E-state index contributed by atoms with van der Waals surface area (Å²) in [5.74, 6) is 0. The van der Waals surface area contributed by atoms with Crippen LogP contribution in [0.2, 0.25) is 0 Å². The molecule has 0 atom stereocenters. The van der Waals surface area contributed by atoms with Crippen molar-refractivity contribution in [1.29, 1.82) is 0 Å². The van der Waals surface area contributed by atoms with E-state index in [1.165, 1.54) is 16.3 Å². The number of aryl methyl sites for hydroxylation is 1. The molecular weight excluding hydrogens is 186 g/mol. The lowest BCUT2D eigenvalue weighted by atomic mass is 10.2. The normalized spacial score (nSPS) is 11.3. The lowest BCUT2D eigenvalue weighted by molar-refractivity contribution is 1.01. The number of rotatable bonds is 0. The Kier molecular flexibility index (Phi) is 1.51. The van der Waals surface area contributed by atoms with Gasteiger partial charge in [0.1, 0.15) is 0 Å². The molecule has 0 saturated heterocycles. The maximum atomic E-state index is 5.79. The van der Waals surface area contributed by atoms with Crippen molar-refractivity contribution in [3.8, 4) is 0 Å². The third kappa shape index (κ3) is 1.03. The molecule has 2 heterocycles. The third-order valence-corrected chi connectivity index (χ3v) is 2.83. The first-order valence-electron chi connectivity index (χ1n) is 4.85. The maximum Gasteiger partial charge on any atom is 0.0519 e. The second kappa shape index (κ2) is 2.73. The van der Waals surface area contributed by atoms with Crippen molar-refractivity contribution in [2.24, 2.45) is 7.05 Å². The molecule has 1 aromatic carbocycles. The van der Waals surface area contributed by atoms with E-state index in [-0.39, 0.29) is 0 Å². The first-order chi connectivity index (χ1) is 7.27. The second-order valence-electron chi connectivity index (χ2n) is 3.73. The first kappa shape index (κ1) is 8.29. The summed E-state index contributed by atoms with van der Waals surface area (Å²) >= 11 is 0. The number of hydrogen-bond donors (Lipinski definition) is 1. The fraction of sp³-hybridized carbons (Fsp3) is 0.0833. The highest BCUT2D eigenvalue weighted by Crippen LogP contribution is 2.28. The molecule has 2 aromatic heterocycles. The van der Waals surface area contributed by atoms with Crippen LogP contribution in [-0.2, 0) is 7.05 Å². The maximum absolute atomic E-state index is 5.79. The zero-order valence-corrected chi connectivity index (χ0v) is 8.44. The molecule has 0 radical (unpaired) electrons. The van der Waals surface area contributed by atoms with Gasteiger partial charge in [0, 0.05) is 35.9 Å². The van der Waals surface area contributed by atoms with E-state index in [0.717, 1.165) is 11.2 Å². The van der Waals surface area contributed by atoms with Crippen LogP contribution >= 0.6 is 0 Å². The summed E-state index contributed by atoms with van der Waals surface area (Å²) < 4.78 is 2.14. The Morgan fingerprint density at radius 3 is 2.87 bits per heavy atom. The van der Waals surface area contributed by atoms with Crippen molar-refractivity contribution in [3.63, 3.8) is 0 Å². The number of fused-ring (bicyclic) bond motifs is 3. The highest BCUT2D eigenvalue weighted by atomic mass is 14.9. The second-order valence-corrected chi connectivity index (χ2v) is 3.73. The third-order valence-electron chi connectivity index (χ3n) is 2.83. The van der Waals surface area contributed by atoms with E-state index in [9.17, 15) is 0 Å². The summed E-state index contributed by atoms with van der Waals surface area (Å²) in [5, 5.41) is 2.38. The quantitative estimate of drug-likeness (QED) is 0.562. The van der Waals surface area contributed by atoms with E-state index in [0.29, 0.717) is 0 Å². The Labute approximate surface area is 87.1 Å². The van der Waals surface area contributed by atoms with E-state index in [1.807, 2.05) is 37.6 Å². The average molecular weight is 197 g/mol. The van der Waals surface area contributed by atoms with Crippen molar-refractivity contribution in [2.75, 3.05) is 5.73 Å². The van der Waals surface area contributed by atoms with Gasteiger partial charge in [0.2, 0.25) is 0 Å². The SMILES string of the molecule is Cn1c2ccncc2c2ccc(N)cc21. The van der Waals surface area contributed by atoms with Crippen LogP contribution in [-0.4, -0.2) is 9.55 Å². The van der Waals surface area contributed by atoms with Crippen LogP contribution < -0.4 is 5.73 Å². The molecule has 0 fully saturated rings. The smallest absolute Gasteiger partial charge is 0.0519 e. The molecule has 0 aliphatic carbocycles. The van der Waals surface area contributed by atoms with Gasteiger partial charge in [-0.25, -0.2) is 0 Å². The minimum absolute atomic E-state index is 0.793. The average Bonchev–Trinajstić information content (AvgIpc) is 2.54. The number of hydrogen-bond acceptors (Lipinski definition) is 2. The summed E-state index contributed by atoms with van der Waals surface area (Å²) in [5.41, 5.74) is 8.92. The van der Waals surface area contributed by atoms with Gasteiger partial charge in [0.25, 0.3) is 0 Å². The van der Waals surface area contributed by atoms with Gasteiger partial charge < -0.3 is 10.3 Å². The van der Waals surface area contributed by atoms with Crippen LogP contribution in [0.3, 0.4) is 0 Å². The number of aromatic nitrogens is 2. The van der Waals surface area contributed by atoms with Gasteiger partial charge in [-0.2, -0.15) is 0 Å². The standard InChI is InChI=1S/C12H11N3/c1-15-11-4-5-14-7-10(11)9-3-2-8(13)6-12(9)15/h2-7H,13H2,1H3. The molecule has 2 N–H and O–H groups in total. The van der Waals surface area contributed by atoms with Crippen molar-refractivity contribution in [3.05, 3.63) is 36.7 Å². The van der Waals surface area contributed by atoms with E-state index in [1.54, 1.807) is 0 Å². The molecule has 0 unspecified atom stereocenters. The van der Waals surface area contributed by atoms with Crippen molar-refractivity contribution in [2.45, 2.75) is 0 Å². The van der Waals surface area contributed by atoms with Gasteiger partial charge in [-0.05, 0) is 18.2 Å². The molecule has 0 saturated carbocycles. The zero-order valence-electron chi connectivity index (χ0n) is 8.44. The lowest BCUT2D eigenvalue weighted by Crippen LogP contribution is -1.88. The summed E-state index contributed by atoms with van der Waals surface area (Å²) in [6.45, 7) is 0. The predicted molar refractivity (Wildman–Crippen MR) is 62.6 cm³/mol. The van der Waals surface area contributed by atoms with Gasteiger partial charge in [-0.3, -0.25) is 4.98 Å². The van der Waals surface area contributed by atoms with E-state index < -0.39 is 0 Å². The van der Waals surface area contributed by atoms with E-state index in [2.05, 4.69) is 15.6 Å². The van der Waals surface area contributed by atoms with Crippen molar-refractivity contribution >= 4 is 27.5 Å². The van der Waals surface area contributed by atoms with Crippen LogP contribution in [0.5, 0.6) is 0 Å². The molecule has 3 aromatic rings. The Hall–Kier alpha value is -2.03. The topological polar surface area (TPSA) is 43.8 Å². The zero-order chi connectivity index (χ0) is 10.4. The molecule has 0 aliphatic heterocycles. The minimum atomic E-state index is 0.793. The van der Waals surface area contributed by atoms with E-state index in [4.69, 9.17) is 5.73 Å². The summed E-state index contributed by atoms with van der Waals surface area (Å²) in [7, 11) is 2.05. The van der Waals surface area contributed by atoms with Gasteiger partial charge >= 0.3 is 0 Å². The first-order valence-corrected chi connectivity index (χ1v) is 4.85. The molecule has 3 nitrogen and oxygen atoms in total. The van der Waals surface area contributed by atoms with Crippen molar-refractivity contribution < 1.29 is 0 Å². The Balaban J connectivity index is 2.63. The Bertz CT molecular complexity index is 652. The molecule has 3 rings (SSSR count). The van der Waals surface area contributed by atoms with E-state index >= 15 is 0 Å². The number of benzene rings is 1. The largest absolute Gasteiger partial charge is 0.399 e. The van der Waals surface area contributed by atoms with Gasteiger partial charge in [0.05, 0.1) is 11.0 Å². The van der Waals surface area contributed by atoms with Crippen LogP contribution in [0.4, 0.5) is 5.69 Å². The Morgan fingerprint density at radius 1 is 1.13 bits per heavy atom.